The van der Waals surface area contributed by atoms with Crippen molar-refractivity contribution in [2.24, 2.45) is 0 Å². The predicted molar refractivity (Wildman–Crippen MR) is 70.7 cm³/mol. The van der Waals surface area contributed by atoms with Crippen LogP contribution in [0, 0.1) is 0 Å². The Labute approximate surface area is 105 Å². The Morgan fingerprint density at radius 3 is 2.41 bits per heavy atom. The molecule has 3 heteroatoms. The molecule has 1 aliphatic carbocycles. The first-order chi connectivity index (χ1) is 8.16. The molecule has 0 saturated carbocycles. The second kappa shape index (κ2) is 3.74. The first-order valence-electron chi connectivity index (χ1n) is 5.67. The van der Waals surface area contributed by atoms with Crippen LogP contribution in [-0.2, 0) is 17.6 Å². The molecule has 86 valence electrons. The van der Waals surface area contributed by atoms with Gasteiger partial charge < -0.3 is 5.32 Å². The molecule has 2 nitrogen and oxygen atoms in total. The first kappa shape index (κ1) is 10.6. The highest BCUT2D eigenvalue weighted by atomic mass is 35.5. The summed E-state index contributed by atoms with van der Waals surface area (Å²) in [5.41, 5.74) is 3.46. The summed E-state index contributed by atoms with van der Waals surface area (Å²) in [6.45, 7) is 1.51. The molecule has 0 radical (unpaired) electrons. The van der Waals surface area contributed by atoms with E-state index in [2.05, 4.69) is 17.4 Å². The number of carbonyl (C=O) groups is 1. The van der Waals surface area contributed by atoms with Gasteiger partial charge in [-0.05, 0) is 41.5 Å². The van der Waals surface area contributed by atoms with Crippen LogP contribution in [0.25, 0.3) is 10.8 Å². The lowest BCUT2D eigenvalue weighted by molar-refractivity contribution is -0.114. The average Bonchev–Trinajstić information content (AvgIpc) is 2.69. The highest BCUT2D eigenvalue weighted by molar-refractivity contribution is 6.37. The Morgan fingerprint density at radius 2 is 1.76 bits per heavy atom. The lowest BCUT2D eigenvalue weighted by Crippen LogP contribution is -2.06. The van der Waals surface area contributed by atoms with Crippen molar-refractivity contribution in [3.05, 3.63) is 40.4 Å². The van der Waals surface area contributed by atoms with Crippen LogP contribution in [0.15, 0.2) is 24.3 Å². The molecule has 1 aliphatic rings. The molecule has 17 heavy (non-hydrogen) atoms. The van der Waals surface area contributed by atoms with E-state index in [1.165, 1.54) is 23.4 Å². The number of hydrogen-bond acceptors (Lipinski definition) is 1. The summed E-state index contributed by atoms with van der Waals surface area (Å²) in [5, 5.41) is 5.76. The van der Waals surface area contributed by atoms with E-state index in [9.17, 15) is 4.79 Å². The van der Waals surface area contributed by atoms with Gasteiger partial charge in [0.2, 0.25) is 5.91 Å². The Kier molecular flexibility index (Phi) is 2.33. The topological polar surface area (TPSA) is 29.1 Å². The summed E-state index contributed by atoms with van der Waals surface area (Å²) in [6.07, 6.45) is 2.12. The van der Waals surface area contributed by atoms with E-state index in [0.717, 1.165) is 23.9 Å². The van der Waals surface area contributed by atoms with Gasteiger partial charge >= 0.3 is 0 Å². The maximum absolute atomic E-state index is 11.2. The lowest BCUT2D eigenvalue weighted by atomic mass is 10.0. The van der Waals surface area contributed by atoms with Crippen molar-refractivity contribution in [1.82, 2.24) is 0 Å². The number of amides is 1. The number of aryl methyl sites for hydroxylation is 2. The first-order valence-corrected chi connectivity index (χ1v) is 6.05. The standard InChI is InChI=1S/C14H12ClNO/c1-8(17)16-12-7-5-10-3-2-9-4-6-11(15)14(12)13(9)10/h4-7H,2-3H2,1H3,(H,16,17). The third-order valence-electron chi connectivity index (χ3n) is 3.26. The Morgan fingerprint density at radius 1 is 1.12 bits per heavy atom. The van der Waals surface area contributed by atoms with Crippen LogP contribution in [0.3, 0.4) is 0 Å². The van der Waals surface area contributed by atoms with Gasteiger partial charge in [-0.25, -0.2) is 0 Å². The van der Waals surface area contributed by atoms with E-state index in [1.54, 1.807) is 0 Å². The van der Waals surface area contributed by atoms with E-state index in [0.29, 0.717) is 5.02 Å². The number of benzene rings is 2. The van der Waals surface area contributed by atoms with Crippen LogP contribution >= 0.6 is 11.6 Å². The molecular formula is C14H12ClNO. The molecular weight excluding hydrogens is 234 g/mol. The average molecular weight is 246 g/mol. The highest BCUT2D eigenvalue weighted by Gasteiger charge is 2.18. The number of halogens is 1. The molecule has 0 aliphatic heterocycles. The van der Waals surface area contributed by atoms with Crippen LogP contribution in [0.2, 0.25) is 5.02 Å². The molecule has 0 heterocycles. The number of rotatable bonds is 1. The fourth-order valence-corrected chi connectivity index (χ4v) is 2.84. The van der Waals surface area contributed by atoms with E-state index >= 15 is 0 Å². The fourth-order valence-electron chi connectivity index (χ4n) is 2.58. The van der Waals surface area contributed by atoms with Gasteiger partial charge in [-0.2, -0.15) is 0 Å². The minimum Gasteiger partial charge on any atom is -0.326 e. The van der Waals surface area contributed by atoms with Gasteiger partial charge in [-0.1, -0.05) is 23.7 Å². The smallest absolute Gasteiger partial charge is 0.221 e. The molecule has 0 saturated heterocycles. The maximum Gasteiger partial charge on any atom is 0.221 e. The largest absolute Gasteiger partial charge is 0.326 e. The van der Waals surface area contributed by atoms with E-state index in [4.69, 9.17) is 11.6 Å². The van der Waals surface area contributed by atoms with Gasteiger partial charge in [0, 0.05) is 12.3 Å². The molecule has 1 amide bonds. The summed E-state index contributed by atoms with van der Waals surface area (Å²) in [7, 11) is 0. The molecule has 1 N–H and O–H groups in total. The zero-order valence-corrected chi connectivity index (χ0v) is 10.3. The number of nitrogens with one attached hydrogen (secondary N) is 1. The fraction of sp³-hybridized carbons (Fsp3) is 0.214. The normalized spacial score (nSPS) is 13.1. The van der Waals surface area contributed by atoms with Crippen molar-refractivity contribution in [3.63, 3.8) is 0 Å². The van der Waals surface area contributed by atoms with Crippen LogP contribution in [-0.4, -0.2) is 5.91 Å². The summed E-state index contributed by atoms with van der Waals surface area (Å²) >= 11 is 6.27. The molecule has 3 rings (SSSR count). The SMILES string of the molecule is CC(=O)Nc1ccc2c3c(ccc(Cl)c13)CC2. The van der Waals surface area contributed by atoms with Crippen molar-refractivity contribution in [3.8, 4) is 0 Å². The van der Waals surface area contributed by atoms with Crippen molar-refractivity contribution >= 4 is 34.0 Å². The monoisotopic (exact) mass is 245 g/mol. The number of hydrogen-bond donors (Lipinski definition) is 1. The Hall–Kier alpha value is -1.54. The summed E-state index contributed by atoms with van der Waals surface area (Å²) in [5.74, 6) is -0.0697. The second-order valence-corrected chi connectivity index (χ2v) is 4.82. The molecule has 0 spiro atoms. The van der Waals surface area contributed by atoms with Gasteiger partial charge in [-0.15, -0.1) is 0 Å². The van der Waals surface area contributed by atoms with Crippen molar-refractivity contribution in [1.29, 1.82) is 0 Å². The van der Waals surface area contributed by atoms with Gasteiger partial charge in [0.15, 0.2) is 0 Å². The quantitative estimate of drug-likeness (QED) is 0.818. The van der Waals surface area contributed by atoms with Crippen molar-refractivity contribution in [2.45, 2.75) is 19.8 Å². The molecule has 0 fully saturated rings. The van der Waals surface area contributed by atoms with Gasteiger partial charge in [-0.3, -0.25) is 4.79 Å². The molecule has 0 bridgehead atoms. The van der Waals surface area contributed by atoms with E-state index < -0.39 is 0 Å². The third kappa shape index (κ3) is 1.60. The van der Waals surface area contributed by atoms with Crippen LogP contribution in [0.1, 0.15) is 18.1 Å². The lowest BCUT2D eigenvalue weighted by Gasteiger charge is -2.10. The van der Waals surface area contributed by atoms with Crippen molar-refractivity contribution in [2.75, 3.05) is 5.32 Å². The molecule has 2 aromatic carbocycles. The highest BCUT2D eigenvalue weighted by Crippen LogP contribution is 2.39. The summed E-state index contributed by atoms with van der Waals surface area (Å²) < 4.78 is 0. The third-order valence-corrected chi connectivity index (χ3v) is 3.57. The van der Waals surface area contributed by atoms with Gasteiger partial charge in [0.1, 0.15) is 0 Å². The molecule has 0 atom stereocenters. The number of anilines is 1. The van der Waals surface area contributed by atoms with Crippen LogP contribution in [0.4, 0.5) is 5.69 Å². The van der Waals surface area contributed by atoms with Crippen molar-refractivity contribution < 1.29 is 4.79 Å². The Balaban J connectivity index is 2.36. The van der Waals surface area contributed by atoms with Crippen LogP contribution in [0.5, 0.6) is 0 Å². The molecule has 2 aromatic rings. The Bertz CT molecular complexity index is 623. The predicted octanol–water partition coefficient (Wildman–Crippen LogP) is 3.55. The number of carbonyl (C=O) groups excluding carboxylic acids is 1. The van der Waals surface area contributed by atoms with Crippen LogP contribution < -0.4 is 5.32 Å². The second-order valence-electron chi connectivity index (χ2n) is 4.41. The van der Waals surface area contributed by atoms with E-state index in [-0.39, 0.29) is 5.91 Å². The zero-order valence-electron chi connectivity index (χ0n) is 9.51. The molecule has 0 aromatic heterocycles. The minimum atomic E-state index is -0.0697. The minimum absolute atomic E-state index is 0.0697. The van der Waals surface area contributed by atoms with E-state index in [1.807, 2.05) is 12.1 Å². The summed E-state index contributed by atoms with van der Waals surface area (Å²) in [6, 6.07) is 8.03. The maximum atomic E-state index is 11.2. The molecule has 0 unspecified atom stereocenters. The summed E-state index contributed by atoms with van der Waals surface area (Å²) in [4.78, 5) is 11.2. The van der Waals surface area contributed by atoms with Gasteiger partial charge in [0.25, 0.3) is 0 Å². The van der Waals surface area contributed by atoms with Gasteiger partial charge in [0.05, 0.1) is 10.7 Å². The zero-order chi connectivity index (χ0) is 12.0.